The lowest BCUT2D eigenvalue weighted by molar-refractivity contribution is 0.0788. The van der Waals surface area contributed by atoms with Crippen molar-refractivity contribution in [2.75, 3.05) is 27.3 Å². The summed E-state index contributed by atoms with van der Waals surface area (Å²) in [6.07, 6.45) is 4.07. The molecule has 0 radical (unpaired) electrons. The second-order valence-corrected chi connectivity index (χ2v) is 6.26. The molecule has 0 aliphatic carbocycles. The van der Waals surface area contributed by atoms with Gasteiger partial charge in [-0.1, -0.05) is 12.1 Å². The summed E-state index contributed by atoms with van der Waals surface area (Å²) in [5, 5.41) is 3.80. The predicted molar refractivity (Wildman–Crippen MR) is 93.3 cm³/mol. The Morgan fingerprint density at radius 3 is 2.92 bits per heavy atom. The van der Waals surface area contributed by atoms with E-state index >= 15 is 0 Å². The molecule has 2 heterocycles. The van der Waals surface area contributed by atoms with Gasteiger partial charge in [-0.2, -0.15) is 0 Å². The molecule has 1 saturated heterocycles. The minimum absolute atomic E-state index is 0.00550. The highest BCUT2D eigenvalue weighted by Crippen LogP contribution is 2.36. The Balaban J connectivity index is 1.77. The van der Waals surface area contributed by atoms with E-state index in [1.807, 2.05) is 23.1 Å². The number of carbonyl (C=O) groups is 1. The molecule has 1 aromatic carbocycles. The van der Waals surface area contributed by atoms with E-state index in [9.17, 15) is 4.79 Å². The maximum atomic E-state index is 12.8. The number of aromatic nitrogens is 1. The number of carbonyl (C=O) groups excluding carboxylic acids is 1. The summed E-state index contributed by atoms with van der Waals surface area (Å²) >= 11 is 0. The van der Waals surface area contributed by atoms with E-state index in [1.165, 1.54) is 6.20 Å². The summed E-state index contributed by atoms with van der Waals surface area (Å²) in [5.41, 5.74) is 1.66. The van der Waals surface area contributed by atoms with E-state index in [1.54, 1.807) is 14.2 Å². The van der Waals surface area contributed by atoms with Crippen LogP contribution in [0.25, 0.3) is 0 Å². The van der Waals surface area contributed by atoms with E-state index in [0.717, 1.165) is 36.3 Å². The van der Waals surface area contributed by atoms with Gasteiger partial charge in [-0.05, 0) is 31.0 Å². The molecule has 2 aromatic rings. The van der Waals surface area contributed by atoms with Gasteiger partial charge >= 0.3 is 0 Å². The van der Waals surface area contributed by atoms with Crippen LogP contribution in [0.2, 0.25) is 0 Å². The highest BCUT2D eigenvalue weighted by atomic mass is 16.5. The van der Waals surface area contributed by atoms with E-state index in [-0.39, 0.29) is 11.8 Å². The molecule has 1 aliphatic rings. The standard InChI is InChI=1S/C19H24N2O4/c1-4-5-18-16(11-20-25-18)19(22)21-9-8-13(12-21)15-10-14(23-2)6-7-17(15)24-3/h6-7,10-11,13H,4-5,8-9,12H2,1-3H3/t13-/m1/s1. The number of rotatable bonds is 6. The molecule has 1 aliphatic heterocycles. The minimum Gasteiger partial charge on any atom is -0.497 e. The first-order valence-electron chi connectivity index (χ1n) is 8.62. The molecule has 6 heteroatoms. The molecule has 3 rings (SSSR count). The van der Waals surface area contributed by atoms with Gasteiger partial charge in [-0.15, -0.1) is 0 Å². The zero-order chi connectivity index (χ0) is 17.8. The number of ether oxygens (including phenoxy) is 2. The van der Waals surface area contributed by atoms with Crippen LogP contribution in [0, 0.1) is 0 Å². The van der Waals surface area contributed by atoms with Crippen molar-refractivity contribution in [2.24, 2.45) is 0 Å². The second-order valence-electron chi connectivity index (χ2n) is 6.26. The van der Waals surface area contributed by atoms with Gasteiger partial charge in [-0.25, -0.2) is 0 Å². The van der Waals surface area contributed by atoms with Crippen LogP contribution >= 0.6 is 0 Å². The van der Waals surface area contributed by atoms with E-state index in [4.69, 9.17) is 14.0 Å². The van der Waals surface area contributed by atoms with Crippen molar-refractivity contribution in [1.29, 1.82) is 0 Å². The molecule has 0 unspecified atom stereocenters. The van der Waals surface area contributed by atoms with Crippen molar-refractivity contribution in [1.82, 2.24) is 10.1 Å². The van der Waals surface area contributed by atoms with Crippen LogP contribution in [-0.4, -0.2) is 43.3 Å². The molecule has 134 valence electrons. The lowest BCUT2D eigenvalue weighted by Gasteiger charge is -2.18. The predicted octanol–water partition coefficient (Wildman–Crippen LogP) is 3.27. The maximum Gasteiger partial charge on any atom is 0.259 e. The Bertz CT molecular complexity index is 741. The van der Waals surface area contributed by atoms with Gasteiger partial charge in [-0.3, -0.25) is 4.79 Å². The van der Waals surface area contributed by atoms with Gasteiger partial charge in [0.05, 0.1) is 20.4 Å². The molecule has 1 atom stereocenters. The second kappa shape index (κ2) is 7.59. The molecule has 1 amide bonds. The number of hydrogen-bond donors (Lipinski definition) is 0. The Kier molecular flexibility index (Phi) is 5.26. The van der Waals surface area contributed by atoms with Crippen LogP contribution in [0.15, 0.2) is 28.9 Å². The number of likely N-dealkylation sites (tertiary alicyclic amines) is 1. The third kappa shape index (κ3) is 3.48. The Morgan fingerprint density at radius 1 is 1.36 bits per heavy atom. The number of hydrogen-bond acceptors (Lipinski definition) is 5. The number of nitrogens with zero attached hydrogens (tertiary/aromatic N) is 2. The van der Waals surface area contributed by atoms with Crippen molar-refractivity contribution in [3.63, 3.8) is 0 Å². The maximum absolute atomic E-state index is 12.8. The molecule has 0 N–H and O–H groups in total. The topological polar surface area (TPSA) is 64.8 Å². The monoisotopic (exact) mass is 344 g/mol. The summed E-state index contributed by atoms with van der Waals surface area (Å²) < 4.78 is 16.1. The molecule has 0 spiro atoms. The average Bonchev–Trinajstić information content (AvgIpc) is 3.30. The quantitative estimate of drug-likeness (QED) is 0.805. The fourth-order valence-corrected chi connectivity index (χ4v) is 3.37. The minimum atomic E-state index is -0.00550. The third-order valence-corrected chi connectivity index (χ3v) is 4.70. The summed E-state index contributed by atoms with van der Waals surface area (Å²) in [6.45, 7) is 3.41. The lowest BCUT2D eigenvalue weighted by Crippen LogP contribution is -2.28. The zero-order valence-electron chi connectivity index (χ0n) is 14.9. The summed E-state index contributed by atoms with van der Waals surface area (Å²) in [4.78, 5) is 14.7. The molecular weight excluding hydrogens is 320 g/mol. The molecule has 6 nitrogen and oxygen atoms in total. The van der Waals surface area contributed by atoms with Crippen molar-refractivity contribution in [2.45, 2.75) is 32.1 Å². The third-order valence-electron chi connectivity index (χ3n) is 4.70. The first-order chi connectivity index (χ1) is 12.2. The SMILES string of the molecule is CCCc1oncc1C(=O)N1CC[C@@H](c2cc(OC)ccc2OC)C1. The first-order valence-corrected chi connectivity index (χ1v) is 8.62. The van der Waals surface area contributed by atoms with Crippen LogP contribution < -0.4 is 9.47 Å². The largest absolute Gasteiger partial charge is 0.497 e. The van der Waals surface area contributed by atoms with E-state index in [0.29, 0.717) is 24.4 Å². The summed E-state index contributed by atoms with van der Waals surface area (Å²) in [7, 11) is 3.31. The van der Waals surface area contributed by atoms with Crippen LogP contribution in [0.1, 0.15) is 47.4 Å². The van der Waals surface area contributed by atoms with E-state index < -0.39 is 0 Å². The summed E-state index contributed by atoms with van der Waals surface area (Å²) in [6, 6.07) is 5.80. The lowest BCUT2D eigenvalue weighted by atomic mass is 9.97. The van der Waals surface area contributed by atoms with Gasteiger partial charge in [0, 0.05) is 31.0 Å². The van der Waals surface area contributed by atoms with Gasteiger partial charge in [0.15, 0.2) is 0 Å². The normalized spacial score (nSPS) is 16.9. The molecule has 1 fully saturated rings. The number of amides is 1. The van der Waals surface area contributed by atoms with Gasteiger partial charge in [0.1, 0.15) is 22.8 Å². The van der Waals surface area contributed by atoms with Crippen LogP contribution in [0.5, 0.6) is 11.5 Å². The van der Waals surface area contributed by atoms with E-state index in [2.05, 4.69) is 12.1 Å². The Labute approximate surface area is 147 Å². The van der Waals surface area contributed by atoms with Crippen molar-refractivity contribution < 1.29 is 18.8 Å². The highest BCUT2D eigenvalue weighted by Gasteiger charge is 2.31. The average molecular weight is 344 g/mol. The number of methoxy groups -OCH3 is 2. The van der Waals surface area contributed by atoms with Crippen LogP contribution in [-0.2, 0) is 6.42 Å². The van der Waals surface area contributed by atoms with Gasteiger partial charge in [0.2, 0.25) is 0 Å². The number of aryl methyl sites for hydroxylation is 1. The van der Waals surface area contributed by atoms with Crippen LogP contribution in [0.4, 0.5) is 0 Å². The molecule has 1 aromatic heterocycles. The molecule has 0 bridgehead atoms. The Hall–Kier alpha value is -2.50. The molecule has 25 heavy (non-hydrogen) atoms. The molecular formula is C19H24N2O4. The highest BCUT2D eigenvalue weighted by molar-refractivity contribution is 5.95. The zero-order valence-corrected chi connectivity index (χ0v) is 14.9. The Morgan fingerprint density at radius 2 is 2.20 bits per heavy atom. The smallest absolute Gasteiger partial charge is 0.259 e. The van der Waals surface area contributed by atoms with Crippen molar-refractivity contribution in [3.05, 3.63) is 41.3 Å². The number of benzene rings is 1. The van der Waals surface area contributed by atoms with Crippen LogP contribution in [0.3, 0.4) is 0 Å². The van der Waals surface area contributed by atoms with Gasteiger partial charge < -0.3 is 18.9 Å². The fraction of sp³-hybridized carbons (Fsp3) is 0.474. The first kappa shape index (κ1) is 17.3. The van der Waals surface area contributed by atoms with Gasteiger partial charge in [0.25, 0.3) is 5.91 Å². The van der Waals surface area contributed by atoms with Crippen molar-refractivity contribution >= 4 is 5.91 Å². The van der Waals surface area contributed by atoms with Crippen molar-refractivity contribution in [3.8, 4) is 11.5 Å². The molecule has 0 saturated carbocycles. The fourth-order valence-electron chi connectivity index (χ4n) is 3.37. The summed E-state index contributed by atoms with van der Waals surface area (Å²) in [5.74, 6) is 2.52.